The summed E-state index contributed by atoms with van der Waals surface area (Å²) in [5, 5.41) is 55.8. The Labute approximate surface area is 438 Å². The highest BCUT2D eigenvalue weighted by Gasteiger charge is 2.34. The second-order valence-electron chi connectivity index (χ2n) is 17.2. The van der Waals surface area contributed by atoms with Crippen molar-refractivity contribution in [1.82, 2.24) is 42.2 Å². The number of carbonyl (C=O) groups is 10. The van der Waals surface area contributed by atoms with E-state index in [9.17, 15) is 63.3 Å². The van der Waals surface area contributed by atoms with Crippen LogP contribution in [0.25, 0.3) is 10.9 Å². The molecule has 0 saturated heterocycles. The molecule has 7 amide bonds. The SMILES string of the molecule is NCCCC[C@H](NC(=O)c1cccc([125I])c1)C(=O)N[C@@H](Cc1c[nH]c2ccccc12)C(=O)N[C@@H](Cc1ccc(O)cc1)C(=O)N[C@@H](CCCCN)C(=O)N[C@@H](CC(=O)O)C(=O)NCC(=O)N[C@@H](CC(=O)O)C(=O)O. The molecule has 3 aromatic carbocycles. The summed E-state index contributed by atoms with van der Waals surface area (Å²) >= 11 is 2.06. The number of aromatic nitrogens is 1. The summed E-state index contributed by atoms with van der Waals surface area (Å²) in [4.78, 5) is 134. The van der Waals surface area contributed by atoms with Crippen LogP contribution in [0.2, 0.25) is 0 Å². The van der Waals surface area contributed by atoms with Gasteiger partial charge in [0.1, 0.15) is 42.0 Å². The van der Waals surface area contributed by atoms with Crippen molar-refractivity contribution in [3.63, 3.8) is 0 Å². The summed E-state index contributed by atoms with van der Waals surface area (Å²) in [7, 11) is 0. The van der Waals surface area contributed by atoms with Gasteiger partial charge in [-0.15, -0.1) is 0 Å². The van der Waals surface area contributed by atoms with E-state index in [-0.39, 0.29) is 44.4 Å². The number of aromatic hydroxyl groups is 1. The number of hydrogen-bond acceptors (Lipinski definition) is 13. The number of aliphatic carboxylic acids is 3. The fraction of sp³-hybridized carbons (Fsp3) is 0.388. The number of amides is 7. The third kappa shape index (κ3) is 19.4. The van der Waals surface area contributed by atoms with Crippen molar-refractivity contribution in [3.8, 4) is 5.75 Å². The van der Waals surface area contributed by atoms with Crippen LogP contribution in [-0.2, 0) is 56.0 Å². The quantitative estimate of drug-likeness (QED) is 0.0231. The number of H-pyrrole nitrogens is 1. The zero-order chi connectivity index (χ0) is 54.3. The fourth-order valence-electron chi connectivity index (χ4n) is 7.59. The molecule has 0 unspecified atom stereocenters. The van der Waals surface area contributed by atoms with Gasteiger partial charge in [-0.3, -0.25) is 43.2 Å². The zero-order valence-corrected chi connectivity index (χ0v) is 42.2. The number of carboxylic acid groups (broad SMARTS) is 3. The molecule has 74 heavy (non-hydrogen) atoms. The molecule has 0 aliphatic heterocycles. The lowest BCUT2D eigenvalue weighted by molar-refractivity contribution is -0.147. The van der Waals surface area contributed by atoms with Gasteiger partial charge in [-0.05, 0) is 122 Å². The van der Waals surface area contributed by atoms with Crippen LogP contribution in [0.15, 0.2) is 79.0 Å². The van der Waals surface area contributed by atoms with Crippen molar-refractivity contribution < 1.29 is 68.4 Å². The Bertz CT molecular complexity index is 2630. The Hall–Kier alpha value is -7.65. The van der Waals surface area contributed by atoms with E-state index < -0.39 is 115 Å². The van der Waals surface area contributed by atoms with Crippen molar-refractivity contribution >= 4 is 92.8 Å². The van der Waals surface area contributed by atoms with Crippen molar-refractivity contribution in [2.24, 2.45) is 11.5 Å². The molecule has 0 spiro atoms. The first-order valence-corrected chi connectivity index (χ1v) is 24.6. The number of fused-ring (bicyclic) bond motifs is 1. The molecular formula is C49H61IN10O14. The van der Waals surface area contributed by atoms with E-state index in [1.807, 2.05) is 23.5 Å². The molecule has 0 aliphatic rings. The van der Waals surface area contributed by atoms with E-state index in [0.717, 1.165) is 14.5 Å². The number of aromatic amines is 1. The second kappa shape index (κ2) is 29.8. The molecule has 0 fully saturated rings. The predicted molar refractivity (Wildman–Crippen MR) is 275 cm³/mol. The van der Waals surface area contributed by atoms with E-state index in [2.05, 4.69) is 59.5 Å². The number of carboxylic acids is 3. The number of nitrogens with two attached hydrogens (primary N) is 2. The van der Waals surface area contributed by atoms with E-state index in [0.29, 0.717) is 42.5 Å². The molecule has 25 heteroatoms. The van der Waals surface area contributed by atoms with E-state index in [1.165, 1.54) is 24.3 Å². The Morgan fingerprint density at radius 1 is 0.568 bits per heavy atom. The third-order valence-corrected chi connectivity index (χ3v) is 12.1. The molecule has 0 radical (unpaired) electrons. The smallest absolute Gasteiger partial charge is 0.326 e. The lowest BCUT2D eigenvalue weighted by Crippen LogP contribution is -2.60. The maximum absolute atomic E-state index is 14.7. The van der Waals surface area contributed by atoms with Gasteiger partial charge in [0.05, 0.1) is 19.4 Å². The van der Waals surface area contributed by atoms with Crippen LogP contribution in [0.1, 0.15) is 72.9 Å². The molecule has 4 aromatic rings. The van der Waals surface area contributed by atoms with Crippen LogP contribution in [0.3, 0.4) is 0 Å². The molecule has 1 aromatic heterocycles. The van der Waals surface area contributed by atoms with Gasteiger partial charge in [-0.25, -0.2) is 4.79 Å². The van der Waals surface area contributed by atoms with Crippen molar-refractivity contribution in [3.05, 3.63) is 99.3 Å². The number of rotatable bonds is 31. The monoisotopic (exact) mass is 1140 g/mol. The van der Waals surface area contributed by atoms with Gasteiger partial charge >= 0.3 is 17.9 Å². The third-order valence-electron chi connectivity index (χ3n) is 11.4. The molecule has 398 valence electrons. The summed E-state index contributed by atoms with van der Waals surface area (Å²) in [6.07, 6.45) is 0.909. The molecule has 0 aliphatic carbocycles. The summed E-state index contributed by atoms with van der Waals surface area (Å²) in [6.45, 7) is -0.447. The maximum atomic E-state index is 14.7. The first-order chi connectivity index (χ1) is 35.3. The lowest BCUT2D eigenvalue weighted by Gasteiger charge is -2.27. The van der Waals surface area contributed by atoms with Gasteiger partial charge in [0, 0.05) is 39.1 Å². The Morgan fingerprint density at radius 3 is 1.69 bits per heavy atom. The van der Waals surface area contributed by atoms with Crippen LogP contribution in [0.5, 0.6) is 5.75 Å². The van der Waals surface area contributed by atoms with Crippen LogP contribution in [0.4, 0.5) is 0 Å². The molecule has 16 N–H and O–H groups in total. The fourth-order valence-corrected chi connectivity index (χ4v) is 8.13. The molecule has 4 rings (SSSR count). The molecule has 6 atom stereocenters. The number of halogens is 1. The highest BCUT2D eigenvalue weighted by Crippen LogP contribution is 2.20. The van der Waals surface area contributed by atoms with Gasteiger partial charge in [0.25, 0.3) is 5.91 Å². The first-order valence-electron chi connectivity index (χ1n) is 23.5. The van der Waals surface area contributed by atoms with Gasteiger partial charge in [-0.2, -0.15) is 0 Å². The summed E-state index contributed by atoms with van der Waals surface area (Å²) in [5.41, 5.74) is 13.6. The molecular weight excluding hydrogens is 1080 g/mol. The summed E-state index contributed by atoms with van der Waals surface area (Å²) < 4.78 is 0.782. The topological polar surface area (TPSA) is 404 Å². The zero-order valence-electron chi connectivity index (χ0n) is 40.1. The normalized spacial score (nSPS) is 13.4. The molecule has 1 heterocycles. The second-order valence-corrected chi connectivity index (χ2v) is 18.4. The Morgan fingerprint density at radius 2 is 1.11 bits per heavy atom. The van der Waals surface area contributed by atoms with Gasteiger partial charge in [-0.1, -0.05) is 36.4 Å². The van der Waals surface area contributed by atoms with Crippen LogP contribution >= 0.6 is 22.6 Å². The number of carbonyl (C=O) groups excluding carboxylic acids is 7. The van der Waals surface area contributed by atoms with Gasteiger partial charge in [0.15, 0.2) is 0 Å². The highest BCUT2D eigenvalue weighted by atomic mass is 125. The number of nitrogens with one attached hydrogen (secondary N) is 8. The minimum atomic E-state index is -1.86. The number of hydrogen-bond donors (Lipinski definition) is 14. The Balaban J connectivity index is 1.64. The Kier molecular flexibility index (Phi) is 23.7. The van der Waals surface area contributed by atoms with Crippen LogP contribution in [-0.4, -0.2) is 141 Å². The number of para-hydroxylation sites is 1. The van der Waals surface area contributed by atoms with Crippen molar-refractivity contribution in [2.75, 3.05) is 19.6 Å². The first kappa shape index (κ1) is 58.9. The molecule has 24 nitrogen and oxygen atoms in total. The maximum Gasteiger partial charge on any atom is 0.326 e. The number of phenols is 1. The number of benzene rings is 3. The largest absolute Gasteiger partial charge is 0.508 e. The molecule has 0 saturated carbocycles. The van der Waals surface area contributed by atoms with E-state index in [1.54, 1.807) is 36.5 Å². The summed E-state index contributed by atoms with van der Waals surface area (Å²) in [6, 6.07) is 10.4. The van der Waals surface area contributed by atoms with Gasteiger partial charge < -0.3 is 74.1 Å². The predicted octanol–water partition coefficient (Wildman–Crippen LogP) is -0.106. The van der Waals surface area contributed by atoms with Crippen molar-refractivity contribution in [2.45, 2.75) is 100 Å². The van der Waals surface area contributed by atoms with Crippen LogP contribution in [0, 0.1) is 3.57 Å². The summed E-state index contributed by atoms with van der Waals surface area (Å²) in [5.74, 6) is -11.3. The van der Waals surface area contributed by atoms with Crippen molar-refractivity contribution in [1.29, 1.82) is 0 Å². The van der Waals surface area contributed by atoms with E-state index >= 15 is 0 Å². The highest BCUT2D eigenvalue weighted by molar-refractivity contribution is 14.1. The van der Waals surface area contributed by atoms with E-state index in [4.69, 9.17) is 16.6 Å². The average Bonchev–Trinajstić information content (AvgIpc) is 3.76. The van der Waals surface area contributed by atoms with Gasteiger partial charge in [0.2, 0.25) is 35.4 Å². The minimum absolute atomic E-state index is 0.102. The lowest BCUT2D eigenvalue weighted by atomic mass is 10.0. The minimum Gasteiger partial charge on any atom is -0.508 e. The standard InChI is InChI=1S/C49H61IN10O14/c50-30-9-7-8-28(21-30)43(67)56-34(12-3-5-18-51)45(69)59-37(22-29-25-53-33-11-2-1-10-32(29)33)48(72)58-36(20-27-14-16-31(61)17-15-27)47(71)57-35(13-4-6-19-52)46(70)60-38(23-41(63)64)44(68)54-26-40(62)55-39(49(73)74)24-42(65)66/h1-2,7-11,14-17,21,25,34-39,53,61H,3-6,12-13,18-20,22-24,26,51-52H2,(H,54,68)(H,55,62)(H,56,67)(H,57,71)(H,58,72)(H,59,69)(H,60,70)(H,63,64)(H,65,66)(H,73,74)/t34-,35-,36-,37-,38-,39-/m0/s1/i50-2. The average molecular weight is 1140 g/mol. The van der Waals surface area contributed by atoms with Crippen LogP contribution < -0.4 is 48.7 Å². The number of unbranched alkanes of at least 4 members (excludes halogenated alkanes) is 2. The number of phenolic OH excluding ortho intramolecular Hbond substituents is 1. The molecule has 0 bridgehead atoms.